The van der Waals surface area contributed by atoms with Gasteiger partial charge in [-0.2, -0.15) is 0 Å². The molecule has 0 aromatic carbocycles. The molecule has 0 unspecified atom stereocenters. The topological polar surface area (TPSA) is 9.23 Å². The lowest BCUT2D eigenvalue weighted by atomic mass is 11.9. The van der Waals surface area contributed by atoms with Gasteiger partial charge in [-0.3, -0.25) is 0 Å². The normalized spacial score (nSPS) is 8.40. The van der Waals surface area contributed by atoms with Gasteiger partial charge in [0.1, 0.15) is 0 Å². The van der Waals surface area contributed by atoms with Crippen molar-refractivity contribution in [3.8, 4) is 0 Å². The molecule has 0 atom stereocenters. The lowest BCUT2D eigenvalue weighted by molar-refractivity contribution is 0.669. The Balaban J connectivity index is 2.19. The molecule has 0 N–H and O–H groups in total. The van der Waals surface area contributed by atoms with Crippen LogP contribution < -0.4 is 0 Å². The van der Waals surface area contributed by atoms with Gasteiger partial charge in [-0.05, 0) is 0 Å². The van der Waals surface area contributed by atoms with Crippen LogP contribution >= 0.6 is 11.6 Å². The van der Waals surface area contributed by atoms with Gasteiger partial charge >= 0.3 is 0 Å². The molecule has 5 heavy (non-hydrogen) atoms. The van der Waals surface area contributed by atoms with Crippen LogP contribution in [0.25, 0.3) is 0 Å². The molecule has 1 nitrogen and oxygen atoms in total. The molecule has 4 heteroatoms. The third-order valence-electron chi connectivity index (χ3n) is 0.127. The Morgan fingerprint density at radius 2 is 2.60 bits per heavy atom. The Labute approximate surface area is 42.1 Å². The summed E-state index contributed by atoms with van der Waals surface area (Å²) in [5.74, 6) is 0. The predicted octanol–water partition coefficient (Wildman–Crippen LogP) is -0.0980. The van der Waals surface area contributed by atoms with E-state index in [1.54, 1.807) is 0 Å². The van der Waals surface area contributed by atoms with E-state index in [4.69, 9.17) is 11.6 Å². The number of halogens is 1. The first-order chi connectivity index (χ1) is 2.41. The third kappa shape index (κ3) is 4.68. The van der Waals surface area contributed by atoms with Crippen molar-refractivity contribution in [2.75, 3.05) is 5.50 Å². The van der Waals surface area contributed by atoms with Crippen molar-refractivity contribution in [3.63, 3.8) is 0 Å². The summed E-state index contributed by atoms with van der Waals surface area (Å²) in [7, 11) is 3.15. The van der Waals surface area contributed by atoms with Gasteiger partial charge in [0.15, 0.2) is 0 Å². The zero-order valence-electron chi connectivity index (χ0n) is 2.49. The van der Waals surface area contributed by atoms with Crippen LogP contribution in [0.5, 0.6) is 0 Å². The van der Waals surface area contributed by atoms with Crippen LogP contribution in [-0.4, -0.2) is 25.8 Å². The van der Waals surface area contributed by atoms with Crippen LogP contribution in [0.1, 0.15) is 0 Å². The second-order valence-electron chi connectivity index (χ2n) is 0.380. The third-order valence-corrected chi connectivity index (χ3v) is 1.14. The molecule has 27 valence electrons. The molecule has 0 saturated heterocycles. The van der Waals surface area contributed by atoms with Crippen LogP contribution in [0.3, 0.4) is 0 Å². The number of hydrogen-bond donors (Lipinski definition) is 0. The van der Waals surface area contributed by atoms with Crippen molar-refractivity contribution in [1.29, 1.82) is 0 Å². The van der Waals surface area contributed by atoms with E-state index in [0.717, 1.165) is 0 Å². The standard InChI is InChI=1S/CH2ClOSi2/c2-1-5-3-4/h1H2. The Kier molecular flexibility index (Phi) is 5.32. The highest BCUT2D eigenvalue weighted by Crippen LogP contribution is 1.66. The van der Waals surface area contributed by atoms with Gasteiger partial charge < -0.3 is 4.12 Å². The van der Waals surface area contributed by atoms with Crippen LogP contribution in [0, 0.1) is 0 Å². The van der Waals surface area contributed by atoms with Crippen LogP contribution in [-0.2, 0) is 4.12 Å². The Morgan fingerprint density at radius 3 is 2.60 bits per heavy atom. The van der Waals surface area contributed by atoms with E-state index < -0.39 is 0 Å². The number of rotatable bonds is 2. The molecular formula is CH2ClOSi2. The molecule has 0 aromatic heterocycles. The first-order valence-electron chi connectivity index (χ1n) is 1.03. The summed E-state index contributed by atoms with van der Waals surface area (Å²) in [6.45, 7) is 0. The highest BCUT2D eigenvalue weighted by molar-refractivity contribution is 6.48. The molecule has 0 rings (SSSR count). The van der Waals surface area contributed by atoms with Crippen LogP contribution in [0.4, 0.5) is 0 Å². The Bertz CT molecular complexity index is 17.1. The smallest absolute Gasteiger partial charge is 0.231 e. The maximum absolute atomic E-state index is 5.16. The average molecular weight is 122 g/mol. The van der Waals surface area contributed by atoms with Gasteiger partial charge in [-0.1, -0.05) is 0 Å². The monoisotopic (exact) mass is 121 g/mol. The van der Waals surface area contributed by atoms with Crippen molar-refractivity contribution in [2.45, 2.75) is 0 Å². The Hall–Kier alpha value is 0.684. The molecular weight excluding hydrogens is 120 g/mol. The van der Waals surface area contributed by atoms with Crippen molar-refractivity contribution in [1.82, 2.24) is 0 Å². The van der Waals surface area contributed by atoms with E-state index in [1.807, 2.05) is 0 Å². The minimum atomic E-state index is 0.377. The maximum atomic E-state index is 5.16. The fraction of sp³-hybridized carbons (Fsp3) is 1.00. The average Bonchev–Trinajstić information content (AvgIpc) is 1.41. The molecule has 0 aromatic rings. The second-order valence-corrected chi connectivity index (χ2v) is 2.55. The SMILES string of the molecule is [Si]O[Si]CCl. The van der Waals surface area contributed by atoms with Gasteiger partial charge in [0.25, 0.3) is 0 Å². The molecule has 0 aliphatic carbocycles. The summed E-state index contributed by atoms with van der Waals surface area (Å²) >= 11 is 5.16. The Morgan fingerprint density at radius 1 is 2.00 bits per heavy atom. The van der Waals surface area contributed by atoms with E-state index >= 15 is 0 Å². The van der Waals surface area contributed by atoms with Crippen LogP contribution in [0.15, 0.2) is 0 Å². The first kappa shape index (κ1) is 5.68. The zero-order chi connectivity index (χ0) is 4.12. The summed E-state index contributed by atoms with van der Waals surface area (Å²) in [4.78, 5) is 0. The second kappa shape index (κ2) is 4.68. The predicted molar refractivity (Wildman–Crippen MR) is 23.3 cm³/mol. The highest BCUT2D eigenvalue weighted by Gasteiger charge is 1.74. The summed E-state index contributed by atoms with van der Waals surface area (Å²) in [5.41, 5.74) is 0.573. The largest absolute Gasteiger partial charge is 0.457 e. The maximum Gasteiger partial charge on any atom is 0.231 e. The van der Waals surface area contributed by atoms with Crippen molar-refractivity contribution >= 4 is 31.9 Å². The molecule has 0 aliphatic heterocycles. The number of alkyl halides is 1. The van der Waals surface area contributed by atoms with Gasteiger partial charge in [-0.15, -0.1) is 11.6 Å². The van der Waals surface area contributed by atoms with Crippen molar-refractivity contribution < 1.29 is 4.12 Å². The minimum Gasteiger partial charge on any atom is -0.457 e. The molecule has 0 heterocycles. The van der Waals surface area contributed by atoms with E-state index in [1.165, 1.54) is 0 Å². The fourth-order valence-corrected chi connectivity index (χ4v) is 0.736. The summed E-state index contributed by atoms with van der Waals surface area (Å²) in [6.07, 6.45) is 0. The molecule has 0 spiro atoms. The lowest BCUT2D eigenvalue weighted by Gasteiger charge is -1.79. The van der Waals surface area contributed by atoms with Gasteiger partial charge in [0, 0.05) is 5.50 Å². The van der Waals surface area contributed by atoms with Gasteiger partial charge in [0.2, 0.25) is 20.2 Å². The quantitative estimate of drug-likeness (QED) is 0.366. The van der Waals surface area contributed by atoms with Crippen molar-refractivity contribution in [3.05, 3.63) is 0 Å². The van der Waals surface area contributed by atoms with E-state index in [9.17, 15) is 0 Å². The molecule has 5 radical (unpaired) electrons. The number of hydrogen-bond acceptors (Lipinski definition) is 1. The van der Waals surface area contributed by atoms with Crippen molar-refractivity contribution in [2.24, 2.45) is 0 Å². The highest BCUT2D eigenvalue weighted by atomic mass is 35.5. The summed E-state index contributed by atoms with van der Waals surface area (Å²) in [6, 6.07) is 0. The summed E-state index contributed by atoms with van der Waals surface area (Å²) < 4.78 is 4.39. The fourth-order valence-electron chi connectivity index (χ4n) is 0.0273. The zero-order valence-corrected chi connectivity index (χ0v) is 5.25. The van der Waals surface area contributed by atoms with Crippen LogP contribution in [0.2, 0.25) is 0 Å². The molecule has 0 amide bonds. The first-order valence-corrected chi connectivity index (χ1v) is 3.09. The van der Waals surface area contributed by atoms with Gasteiger partial charge in [-0.25, -0.2) is 0 Å². The molecule has 0 saturated carbocycles. The van der Waals surface area contributed by atoms with E-state index in [2.05, 4.69) is 14.6 Å². The molecule has 0 bridgehead atoms. The van der Waals surface area contributed by atoms with E-state index in [-0.39, 0.29) is 0 Å². The molecule has 0 fully saturated rings. The minimum absolute atomic E-state index is 0.377. The summed E-state index contributed by atoms with van der Waals surface area (Å²) in [5, 5.41) is 0. The lowest BCUT2D eigenvalue weighted by Crippen LogP contribution is -1.94. The van der Waals surface area contributed by atoms with Gasteiger partial charge in [0.05, 0.1) is 0 Å². The molecule has 0 aliphatic rings. The van der Waals surface area contributed by atoms with E-state index in [0.29, 0.717) is 15.3 Å².